The molecule has 0 aliphatic carbocycles. The van der Waals surface area contributed by atoms with Crippen LogP contribution in [0.4, 0.5) is 0 Å². The van der Waals surface area contributed by atoms with Gasteiger partial charge in [0.2, 0.25) is 5.91 Å². The summed E-state index contributed by atoms with van der Waals surface area (Å²) in [5.74, 6) is 1.05. The van der Waals surface area contributed by atoms with Crippen molar-refractivity contribution >= 4 is 5.91 Å². The SMILES string of the molecule is COc1ccc(C(C)NC(=O)C2CCCNC2C)cc1. The van der Waals surface area contributed by atoms with Gasteiger partial charge in [0.15, 0.2) is 0 Å². The summed E-state index contributed by atoms with van der Waals surface area (Å²) < 4.78 is 5.14. The maximum atomic E-state index is 12.3. The van der Waals surface area contributed by atoms with Crippen LogP contribution in [0.15, 0.2) is 24.3 Å². The Balaban J connectivity index is 1.95. The van der Waals surface area contributed by atoms with Crippen molar-refractivity contribution in [1.82, 2.24) is 10.6 Å². The molecule has 1 aliphatic rings. The Bertz CT molecular complexity index is 444. The Labute approximate surface area is 120 Å². The van der Waals surface area contributed by atoms with E-state index in [-0.39, 0.29) is 23.9 Å². The number of amides is 1. The smallest absolute Gasteiger partial charge is 0.225 e. The molecule has 1 saturated heterocycles. The van der Waals surface area contributed by atoms with Crippen molar-refractivity contribution in [2.75, 3.05) is 13.7 Å². The van der Waals surface area contributed by atoms with E-state index in [1.54, 1.807) is 7.11 Å². The molecule has 1 fully saturated rings. The topological polar surface area (TPSA) is 50.4 Å². The zero-order valence-electron chi connectivity index (χ0n) is 12.5. The standard InChI is InChI=1S/C16H24N2O2/c1-11(13-6-8-14(20-3)9-7-13)18-16(19)15-5-4-10-17-12(15)2/h6-9,11-12,15,17H,4-5,10H2,1-3H3,(H,18,19). The van der Waals surface area contributed by atoms with Gasteiger partial charge >= 0.3 is 0 Å². The number of hydrogen-bond acceptors (Lipinski definition) is 3. The van der Waals surface area contributed by atoms with Crippen molar-refractivity contribution in [3.05, 3.63) is 29.8 Å². The van der Waals surface area contributed by atoms with Crippen molar-refractivity contribution in [2.45, 2.75) is 38.8 Å². The molecule has 4 nitrogen and oxygen atoms in total. The van der Waals surface area contributed by atoms with Gasteiger partial charge in [-0.25, -0.2) is 0 Å². The second kappa shape index (κ2) is 6.75. The lowest BCUT2D eigenvalue weighted by molar-refractivity contribution is -0.127. The molecule has 1 aromatic rings. The lowest BCUT2D eigenvalue weighted by Gasteiger charge is -2.30. The van der Waals surface area contributed by atoms with Crippen LogP contribution in [0.1, 0.15) is 38.3 Å². The summed E-state index contributed by atoms with van der Waals surface area (Å²) in [7, 11) is 1.65. The van der Waals surface area contributed by atoms with Gasteiger partial charge in [-0.15, -0.1) is 0 Å². The van der Waals surface area contributed by atoms with Crippen molar-refractivity contribution in [1.29, 1.82) is 0 Å². The highest BCUT2D eigenvalue weighted by atomic mass is 16.5. The van der Waals surface area contributed by atoms with Crippen LogP contribution in [-0.2, 0) is 4.79 Å². The summed E-state index contributed by atoms with van der Waals surface area (Å²) in [5, 5.41) is 6.48. The van der Waals surface area contributed by atoms with Crippen molar-refractivity contribution in [3.8, 4) is 5.75 Å². The van der Waals surface area contributed by atoms with Crippen LogP contribution in [0.5, 0.6) is 5.75 Å². The number of nitrogens with one attached hydrogen (secondary N) is 2. The van der Waals surface area contributed by atoms with Crippen molar-refractivity contribution in [2.24, 2.45) is 5.92 Å². The van der Waals surface area contributed by atoms with Gasteiger partial charge in [0.1, 0.15) is 5.75 Å². The predicted molar refractivity (Wildman–Crippen MR) is 79.7 cm³/mol. The Kier molecular flexibility index (Phi) is 5.01. The molecule has 0 radical (unpaired) electrons. The van der Waals surface area contributed by atoms with Gasteiger partial charge < -0.3 is 15.4 Å². The quantitative estimate of drug-likeness (QED) is 0.887. The first-order valence-corrected chi connectivity index (χ1v) is 7.29. The largest absolute Gasteiger partial charge is 0.497 e. The minimum Gasteiger partial charge on any atom is -0.497 e. The third kappa shape index (κ3) is 3.51. The molecule has 1 heterocycles. The van der Waals surface area contributed by atoms with E-state index in [9.17, 15) is 4.79 Å². The number of carbonyl (C=O) groups excluding carboxylic acids is 1. The normalized spacial score (nSPS) is 23.9. The number of methoxy groups -OCH3 is 1. The molecular formula is C16H24N2O2. The van der Waals surface area contributed by atoms with E-state index >= 15 is 0 Å². The molecule has 2 N–H and O–H groups in total. The monoisotopic (exact) mass is 276 g/mol. The Morgan fingerprint density at radius 3 is 2.70 bits per heavy atom. The minimum atomic E-state index is 0.0162. The van der Waals surface area contributed by atoms with Crippen LogP contribution in [0.2, 0.25) is 0 Å². The highest BCUT2D eigenvalue weighted by molar-refractivity contribution is 5.79. The third-order valence-electron chi connectivity index (χ3n) is 4.07. The van der Waals surface area contributed by atoms with Crippen molar-refractivity contribution < 1.29 is 9.53 Å². The van der Waals surface area contributed by atoms with Gasteiger partial charge in [0, 0.05) is 6.04 Å². The average Bonchev–Trinajstić information content (AvgIpc) is 2.47. The Hall–Kier alpha value is -1.55. The van der Waals surface area contributed by atoms with E-state index in [1.165, 1.54) is 0 Å². The molecule has 20 heavy (non-hydrogen) atoms. The maximum absolute atomic E-state index is 12.3. The molecular weight excluding hydrogens is 252 g/mol. The van der Waals surface area contributed by atoms with Gasteiger partial charge in [-0.05, 0) is 50.9 Å². The molecule has 110 valence electrons. The summed E-state index contributed by atoms with van der Waals surface area (Å²) in [5.41, 5.74) is 1.09. The second-order valence-electron chi connectivity index (χ2n) is 5.49. The number of ether oxygens (including phenoxy) is 1. The lowest BCUT2D eigenvalue weighted by atomic mass is 9.91. The third-order valence-corrected chi connectivity index (χ3v) is 4.07. The van der Waals surface area contributed by atoms with Crippen LogP contribution in [0, 0.1) is 5.92 Å². The highest BCUT2D eigenvalue weighted by Crippen LogP contribution is 2.20. The van der Waals surface area contributed by atoms with E-state index in [4.69, 9.17) is 4.74 Å². The molecule has 0 saturated carbocycles. The van der Waals surface area contributed by atoms with Crippen LogP contribution < -0.4 is 15.4 Å². The fourth-order valence-corrected chi connectivity index (χ4v) is 2.70. The van der Waals surface area contributed by atoms with E-state index in [2.05, 4.69) is 17.6 Å². The summed E-state index contributed by atoms with van der Waals surface area (Å²) >= 11 is 0. The minimum absolute atomic E-state index is 0.0162. The summed E-state index contributed by atoms with van der Waals surface area (Å²) in [6.07, 6.45) is 2.04. The van der Waals surface area contributed by atoms with Gasteiger partial charge in [0.05, 0.1) is 19.1 Å². The number of piperidine rings is 1. The average molecular weight is 276 g/mol. The van der Waals surface area contributed by atoms with E-state index in [0.717, 1.165) is 30.7 Å². The zero-order chi connectivity index (χ0) is 14.5. The fraction of sp³-hybridized carbons (Fsp3) is 0.562. The number of benzene rings is 1. The number of carbonyl (C=O) groups is 1. The van der Waals surface area contributed by atoms with Gasteiger partial charge in [-0.1, -0.05) is 12.1 Å². The Morgan fingerprint density at radius 2 is 2.10 bits per heavy atom. The van der Waals surface area contributed by atoms with Crippen LogP contribution in [0.3, 0.4) is 0 Å². The first kappa shape index (κ1) is 14.9. The summed E-state index contributed by atoms with van der Waals surface area (Å²) in [4.78, 5) is 12.3. The molecule has 3 unspecified atom stereocenters. The number of hydrogen-bond donors (Lipinski definition) is 2. The van der Waals surface area contributed by atoms with E-state index < -0.39 is 0 Å². The van der Waals surface area contributed by atoms with Gasteiger partial charge in [-0.3, -0.25) is 4.79 Å². The molecule has 1 aliphatic heterocycles. The molecule has 4 heteroatoms. The number of rotatable bonds is 4. The second-order valence-corrected chi connectivity index (χ2v) is 5.49. The molecule has 0 bridgehead atoms. The first-order chi connectivity index (χ1) is 9.61. The first-order valence-electron chi connectivity index (χ1n) is 7.29. The zero-order valence-corrected chi connectivity index (χ0v) is 12.5. The van der Waals surface area contributed by atoms with Gasteiger partial charge in [0.25, 0.3) is 0 Å². The molecule has 2 rings (SSSR count). The summed E-state index contributed by atoms with van der Waals surface area (Å²) in [6.45, 7) is 5.11. The molecule has 1 amide bonds. The molecule has 0 spiro atoms. The predicted octanol–water partition coefficient (Wildman–Crippen LogP) is 2.26. The van der Waals surface area contributed by atoms with E-state index in [1.807, 2.05) is 31.2 Å². The van der Waals surface area contributed by atoms with Crippen molar-refractivity contribution in [3.63, 3.8) is 0 Å². The fourth-order valence-electron chi connectivity index (χ4n) is 2.70. The van der Waals surface area contributed by atoms with Gasteiger partial charge in [-0.2, -0.15) is 0 Å². The van der Waals surface area contributed by atoms with E-state index in [0.29, 0.717) is 0 Å². The molecule has 3 atom stereocenters. The molecule has 0 aromatic heterocycles. The highest BCUT2D eigenvalue weighted by Gasteiger charge is 2.28. The lowest BCUT2D eigenvalue weighted by Crippen LogP contribution is -2.47. The van der Waals surface area contributed by atoms with Crippen LogP contribution in [0.25, 0.3) is 0 Å². The van der Waals surface area contributed by atoms with Crippen LogP contribution in [-0.4, -0.2) is 25.6 Å². The Morgan fingerprint density at radius 1 is 1.40 bits per heavy atom. The maximum Gasteiger partial charge on any atom is 0.225 e. The summed E-state index contributed by atoms with van der Waals surface area (Å²) in [6, 6.07) is 8.10. The molecule has 1 aromatic carbocycles. The van der Waals surface area contributed by atoms with Crippen LogP contribution >= 0.6 is 0 Å².